The number of nitrogens with two attached hydrogens (primary N) is 1. The smallest absolute Gasteiger partial charge is 0.153 e. The lowest BCUT2D eigenvalue weighted by molar-refractivity contribution is 0.291. The molecule has 0 amide bonds. The second-order valence-corrected chi connectivity index (χ2v) is 9.61. The fraction of sp³-hybridized carbons (Fsp3) is 0.500. The van der Waals surface area contributed by atoms with Crippen LogP contribution in [-0.4, -0.2) is 57.7 Å². The van der Waals surface area contributed by atoms with E-state index in [9.17, 15) is 0 Å². The molecule has 0 atom stereocenters. The lowest BCUT2D eigenvalue weighted by Gasteiger charge is -2.21. The molecule has 0 aliphatic carbocycles. The third-order valence-corrected chi connectivity index (χ3v) is 6.64. The average molecular weight is 596 g/mol. The molecular weight excluding hydrogens is 541 g/mol. The number of benzene rings is 2. The minimum Gasteiger partial charge on any atom is -0.457 e. The summed E-state index contributed by atoms with van der Waals surface area (Å²) in [7, 11) is 2.15. The molecule has 43 heavy (non-hydrogen) atoms. The number of nitrogens with zero attached hydrogens (tertiary/aromatic N) is 5. The van der Waals surface area contributed by atoms with Gasteiger partial charge in [0, 0.05) is 43.7 Å². The number of halogens is 1. The first-order valence-corrected chi connectivity index (χ1v) is 15.4. The number of nitrogen functional groups attached to an aromatic ring is 1. The van der Waals surface area contributed by atoms with E-state index in [-0.39, 0.29) is 19.2 Å². The quantitative estimate of drug-likeness (QED) is 0.212. The first-order valence-electron chi connectivity index (χ1n) is 15.4. The summed E-state index contributed by atoms with van der Waals surface area (Å²) in [5, 5.41) is 7.67. The molecule has 5 rings (SSSR count). The number of imidazole rings is 1. The van der Waals surface area contributed by atoms with Crippen LogP contribution in [0.2, 0.25) is 0 Å². The average Bonchev–Trinajstić information content (AvgIpc) is 3.41. The number of anilines is 1. The third-order valence-electron chi connectivity index (χ3n) is 6.64. The van der Waals surface area contributed by atoms with Gasteiger partial charge in [0.2, 0.25) is 0 Å². The van der Waals surface area contributed by atoms with Gasteiger partial charge >= 0.3 is 0 Å². The Morgan fingerprint density at radius 2 is 1.58 bits per heavy atom. The maximum atomic E-state index is 15.2. The summed E-state index contributed by atoms with van der Waals surface area (Å²) in [5.74, 6) is 1.91. The molecule has 8 nitrogen and oxygen atoms in total. The number of nitrogens with one attached hydrogen (secondary N) is 1. The monoisotopic (exact) mass is 595 g/mol. The number of piperazine rings is 1. The van der Waals surface area contributed by atoms with Crippen molar-refractivity contribution in [3.05, 3.63) is 66.5 Å². The predicted octanol–water partition coefficient (Wildman–Crippen LogP) is 8.20. The van der Waals surface area contributed by atoms with Gasteiger partial charge < -0.3 is 20.7 Å². The molecule has 4 aromatic rings. The Morgan fingerprint density at radius 3 is 2.12 bits per heavy atom. The predicted molar refractivity (Wildman–Crippen MR) is 179 cm³/mol. The molecule has 1 aliphatic rings. The Hall–Kier alpha value is -3.56. The maximum absolute atomic E-state index is 15.2. The van der Waals surface area contributed by atoms with E-state index in [0.717, 1.165) is 44.6 Å². The van der Waals surface area contributed by atoms with Crippen LogP contribution in [-0.2, 0) is 0 Å². The zero-order valence-corrected chi connectivity index (χ0v) is 26.5. The lowest BCUT2D eigenvalue weighted by Crippen LogP contribution is -2.40. The molecule has 2 aromatic heterocycles. The minimum atomic E-state index is -0.439. The molecule has 1 fully saturated rings. The number of aromatic nitrogens is 4. The van der Waals surface area contributed by atoms with Crippen molar-refractivity contribution in [2.75, 3.05) is 39.0 Å². The van der Waals surface area contributed by atoms with Crippen molar-refractivity contribution < 1.29 is 9.13 Å². The van der Waals surface area contributed by atoms with Crippen molar-refractivity contribution in [1.29, 1.82) is 0 Å². The van der Waals surface area contributed by atoms with Crippen LogP contribution >= 0.6 is 0 Å². The number of rotatable bonds is 8. The van der Waals surface area contributed by atoms with Crippen molar-refractivity contribution in [2.24, 2.45) is 0 Å². The third kappa shape index (κ3) is 10.6. The van der Waals surface area contributed by atoms with Crippen LogP contribution in [0.3, 0.4) is 0 Å². The Morgan fingerprint density at radius 1 is 0.953 bits per heavy atom. The van der Waals surface area contributed by atoms with E-state index in [1.165, 1.54) is 25.5 Å². The van der Waals surface area contributed by atoms with E-state index in [2.05, 4.69) is 41.2 Å². The number of likely N-dealkylation sites (N-methyl/N-ethyl adjacent to an activating group) is 1. The van der Waals surface area contributed by atoms with Gasteiger partial charge in [-0.1, -0.05) is 80.0 Å². The van der Waals surface area contributed by atoms with Crippen molar-refractivity contribution >= 4 is 11.3 Å². The molecule has 0 unspecified atom stereocenters. The second-order valence-electron chi connectivity index (χ2n) is 9.61. The molecular formula is C34H54FN7O. The summed E-state index contributed by atoms with van der Waals surface area (Å²) in [6.07, 6.45) is 5.41. The van der Waals surface area contributed by atoms with E-state index < -0.39 is 5.82 Å². The van der Waals surface area contributed by atoms with Gasteiger partial charge in [-0.3, -0.25) is 0 Å². The molecule has 238 valence electrons. The van der Waals surface area contributed by atoms with E-state index in [4.69, 9.17) is 15.5 Å². The minimum absolute atomic E-state index is 0. The van der Waals surface area contributed by atoms with Crippen molar-refractivity contribution in [1.82, 2.24) is 29.8 Å². The first-order chi connectivity index (χ1) is 20.5. The summed E-state index contributed by atoms with van der Waals surface area (Å²) in [5.41, 5.74) is 7.51. The van der Waals surface area contributed by atoms with Gasteiger partial charge in [0.05, 0.1) is 0 Å². The van der Waals surface area contributed by atoms with Crippen LogP contribution in [0.25, 0.3) is 16.8 Å². The van der Waals surface area contributed by atoms with Crippen LogP contribution in [0.5, 0.6) is 11.5 Å². The van der Waals surface area contributed by atoms with Gasteiger partial charge in [-0.15, -0.1) is 0 Å². The van der Waals surface area contributed by atoms with E-state index in [1.54, 1.807) is 16.6 Å². The highest BCUT2D eigenvalue weighted by molar-refractivity contribution is 5.85. The van der Waals surface area contributed by atoms with Gasteiger partial charge in [-0.05, 0) is 44.2 Å². The van der Waals surface area contributed by atoms with E-state index in [1.807, 2.05) is 58.0 Å². The van der Waals surface area contributed by atoms with Gasteiger partial charge in [0.15, 0.2) is 5.82 Å². The number of ether oxygens (including phenoxy) is 1. The normalized spacial score (nSPS) is 12.6. The van der Waals surface area contributed by atoms with Crippen LogP contribution in [0.1, 0.15) is 86.4 Å². The van der Waals surface area contributed by atoms with Gasteiger partial charge in [0.1, 0.15) is 40.7 Å². The van der Waals surface area contributed by atoms with Gasteiger partial charge in [-0.2, -0.15) is 5.10 Å². The number of hydrogen-bond donors (Lipinski definition) is 2. The molecule has 3 heterocycles. The fourth-order valence-electron chi connectivity index (χ4n) is 4.68. The Kier molecular flexibility index (Phi) is 17.7. The molecule has 9 heteroatoms. The summed E-state index contributed by atoms with van der Waals surface area (Å²) < 4.78 is 22.7. The van der Waals surface area contributed by atoms with Crippen LogP contribution in [0.4, 0.5) is 10.2 Å². The van der Waals surface area contributed by atoms with Crippen LogP contribution < -0.4 is 15.8 Å². The second kappa shape index (κ2) is 20.4. The molecule has 0 saturated carbocycles. The number of para-hydroxylation sites is 1. The largest absolute Gasteiger partial charge is 0.457 e. The highest BCUT2D eigenvalue weighted by Gasteiger charge is 2.24. The summed E-state index contributed by atoms with van der Waals surface area (Å²) in [6.45, 7) is 17.0. The van der Waals surface area contributed by atoms with Gasteiger partial charge in [0.25, 0.3) is 0 Å². The van der Waals surface area contributed by atoms with Crippen LogP contribution in [0.15, 0.2) is 54.9 Å². The maximum Gasteiger partial charge on any atom is 0.153 e. The Bertz CT molecular complexity index is 1300. The standard InChI is InChI=1S/C24H26FN5O.C5H12N2.2C2H6.CH4/c1-3-8-16(9-4-2)24-29-21(22-23(26)27-15-28-30(22)24)19-13-12-18(14-20(19)25)31-17-10-6-5-7-11-17;1-7-4-2-6-3-5-7;2*1-2;/h5-7,10-16H,3-4,8-9H2,1-2H3,(H2,26,27,28);6H,2-5H2,1H3;2*1-2H3;1H4. The molecule has 1 aliphatic heterocycles. The molecule has 0 spiro atoms. The van der Waals surface area contributed by atoms with E-state index >= 15 is 4.39 Å². The SMILES string of the molecule is C.CC.CC.CCCC(CCC)c1nc(-c2ccc(Oc3ccccc3)cc2F)c2c(N)ncnn12.CN1CCNCC1. The van der Waals surface area contributed by atoms with Crippen molar-refractivity contribution in [3.8, 4) is 22.8 Å². The molecule has 0 radical (unpaired) electrons. The molecule has 0 bridgehead atoms. The summed E-state index contributed by atoms with van der Waals surface area (Å²) in [4.78, 5) is 11.3. The zero-order valence-electron chi connectivity index (χ0n) is 26.5. The Labute approximate surface area is 258 Å². The van der Waals surface area contributed by atoms with Crippen molar-refractivity contribution in [3.63, 3.8) is 0 Å². The summed E-state index contributed by atoms with van der Waals surface area (Å²) in [6, 6.07) is 14.0. The summed E-state index contributed by atoms with van der Waals surface area (Å²) >= 11 is 0. The van der Waals surface area contributed by atoms with Gasteiger partial charge in [-0.25, -0.2) is 18.9 Å². The number of fused-ring (bicyclic) bond motifs is 1. The van der Waals surface area contributed by atoms with E-state index in [0.29, 0.717) is 28.3 Å². The first kappa shape index (κ1) is 37.5. The topological polar surface area (TPSA) is 93.6 Å². The fourth-order valence-corrected chi connectivity index (χ4v) is 4.68. The zero-order chi connectivity index (χ0) is 30.9. The number of hydrogen-bond acceptors (Lipinski definition) is 7. The molecule has 3 N–H and O–H groups in total. The highest BCUT2D eigenvalue weighted by atomic mass is 19.1. The lowest BCUT2D eigenvalue weighted by atomic mass is 9.97. The van der Waals surface area contributed by atoms with Crippen LogP contribution in [0, 0.1) is 5.82 Å². The Balaban J connectivity index is 0.000000661. The molecule has 2 aromatic carbocycles. The highest BCUT2D eigenvalue weighted by Crippen LogP contribution is 2.35. The molecule has 1 saturated heterocycles. The van der Waals surface area contributed by atoms with Crippen molar-refractivity contribution in [2.45, 2.75) is 80.6 Å².